The zero-order valence-electron chi connectivity index (χ0n) is 21.1. The zero-order valence-corrected chi connectivity index (χ0v) is 21.9. The van der Waals surface area contributed by atoms with E-state index in [1.807, 2.05) is 48.5 Å². The third-order valence-corrected chi connectivity index (χ3v) is 7.47. The zero-order chi connectivity index (χ0) is 26.7. The van der Waals surface area contributed by atoms with Gasteiger partial charge in [-0.15, -0.1) is 6.58 Å². The summed E-state index contributed by atoms with van der Waals surface area (Å²) < 4.78 is 7.37. The number of imidazole rings is 1. The number of rotatable bonds is 10. The van der Waals surface area contributed by atoms with Crippen molar-refractivity contribution >= 4 is 40.3 Å². The second-order valence-electron chi connectivity index (χ2n) is 10.0. The molecule has 2 saturated carbocycles. The number of halogens is 1. The molecule has 1 aromatic heterocycles. The summed E-state index contributed by atoms with van der Waals surface area (Å²) in [5, 5.41) is 12.5. The molecule has 9 heteroatoms. The van der Waals surface area contributed by atoms with Crippen LogP contribution in [0.4, 0.5) is 10.5 Å². The number of aromatic nitrogens is 2. The number of nitrogens with zero attached hydrogens (tertiary/aromatic N) is 4. The van der Waals surface area contributed by atoms with Crippen LogP contribution in [0.5, 0.6) is 0 Å². The van der Waals surface area contributed by atoms with Gasteiger partial charge in [0.2, 0.25) is 5.91 Å². The molecule has 0 aliphatic heterocycles. The lowest BCUT2D eigenvalue weighted by Crippen LogP contribution is -2.57. The number of unbranched alkanes of at least 4 members (excludes halogenated alkanes) is 1. The second-order valence-corrected chi connectivity index (χ2v) is 10.5. The number of aryl methyl sites for hydroxylation is 1. The van der Waals surface area contributed by atoms with Crippen LogP contribution in [0.1, 0.15) is 44.3 Å². The molecule has 0 radical (unpaired) electrons. The Morgan fingerprint density at radius 3 is 2.71 bits per heavy atom. The Hall–Kier alpha value is -3.83. The number of hydrogen-bond donors (Lipinski definition) is 1. The first kappa shape index (κ1) is 25.8. The van der Waals surface area contributed by atoms with Gasteiger partial charge in [-0.25, -0.2) is 9.78 Å². The molecule has 3 aromatic rings. The topological polar surface area (TPSA) is 100 Å². The summed E-state index contributed by atoms with van der Waals surface area (Å²) >= 11 is 6.24. The molecule has 38 heavy (non-hydrogen) atoms. The van der Waals surface area contributed by atoms with Gasteiger partial charge in [0.15, 0.2) is 0 Å². The molecule has 1 heterocycles. The third kappa shape index (κ3) is 5.39. The van der Waals surface area contributed by atoms with E-state index >= 15 is 0 Å². The van der Waals surface area contributed by atoms with Crippen LogP contribution in [0.3, 0.4) is 0 Å². The summed E-state index contributed by atoms with van der Waals surface area (Å²) in [6.07, 6.45) is 5.11. The van der Waals surface area contributed by atoms with Crippen LogP contribution in [0.25, 0.3) is 11.0 Å². The predicted molar refractivity (Wildman–Crippen MR) is 146 cm³/mol. The summed E-state index contributed by atoms with van der Waals surface area (Å²) in [5.74, 6) is 0.611. The Bertz CT molecular complexity index is 1390. The molecule has 2 aromatic carbocycles. The number of nitrogens with one attached hydrogen (secondary N) is 1. The molecule has 5 rings (SSSR count). The fourth-order valence-electron chi connectivity index (χ4n) is 5.03. The van der Waals surface area contributed by atoms with Crippen molar-refractivity contribution in [2.24, 2.45) is 5.41 Å². The molecule has 196 valence electrons. The minimum atomic E-state index is -0.811. The van der Waals surface area contributed by atoms with Crippen LogP contribution in [-0.4, -0.2) is 33.7 Å². The molecule has 2 amide bonds. The fourth-order valence-corrected chi connectivity index (χ4v) is 5.19. The largest absolute Gasteiger partial charge is 0.446 e. The number of carbonyl (C=O) groups is 2. The van der Waals surface area contributed by atoms with Crippen LogP contribution < -0.4 is 10.2 Å². The van der Waals surface area contributed by atoms with E-state index in [-0.39, 0.29) is 24.6 Å². The van der Waals surface area contributed by atoms with Crippen molar-refractivity contribution in [1.82, 2.24) is 14.9 Å². The standard InChI is InChI=1S/C29H30ClN5O3/c1-2-29(17-21(18-29)32-28(37)38-23-11-12-23)27(36)35(22-8-4-3-5-9-22)19-26-33-24-16-20(30)10-13-25(24)34(26)15-7-6-14-31/h2-5,8-10,13,16,21,23H,1,6-7,11-12,15,17-19H2,(H,32,37)/t21-,29-. The number of amides is 2. The van der Waals surface area contributed by atoms with Gasteiger partial charge in [0.1, 0.15) is 11.9 Å². The summed E-state index contributed by atoms with van der Waals surface area (Å²) in [7, 11) is 0. The predicted octanol–water partition coefficient (Wildman–Crippen LogP) is 5.75. The van der Waals surface area contributed by atoms with Crippen molar-refractivity contribution in [1.29, 1.82) is 5.26 Å². The number of alkyl carbamates (subject to hydrolysis) is 1. The number of fused-ring (bicyclic) bond motifs is 1. The van der Waals surface area contributed by atoms with Crippen LogP contribution in [-0.2, 0) is 22.6 Å². The molecular formula is C29H30ClN5O3. The minimum absolute atomic E-state index is 0.0248. The van der Waals surface area contributed by atoms with Gasteiger partial charge < -0.3 is 19.5 Å². The molecule has 8 nitrogen and oxygen atoms in total. The van der Waals surface area contributed by atoms with Gasteiger partial charge in [0.25, 0.3) is 0 Å². The third-order valence-electron chi connectivity index (χ3n) is 7.23. The van der Waals surface area contributed by atoms with Crippen LogP contribution in [0.15, 0.2) is 61.2 Å². The second kappa shape index (κ2) is 10.9. The van der Waals surface area contributed by atoms with E-state index in [2.05, 4.69) is 22.5 Å². The van der Waals surface area contributed by atoms with Gasteiger partial charge in [0, 0.05) is 29.7 Å². The van der Waals surface area contributed by atoms with E-state index in [1.165, 1.54) is 0 Å². The smallest absolute Gasteiger partial charge is 0.407 e. The lowest BCUT2D eigenvalue weighted by Gasteiger charge is -2.46. The first-order chi connectivity index (χ1) is 18.4. The lowest BCUT2D eigenvalue weighted by molar-refractivity contribution is -0.130. The summed E-state index contributed by atoms with van der Waals surface area (Å²) in [6, 6.07) is 17.1. The van der Waals surface area contributed by atoms with E-state index in [0.717, 1.165) is 29.6 Å². The summed E-state index contributed by atoms with van der Waals surface area (Å²) in [6.45, 7) is 4.82. The van der Waals surface area contributed by atoms with Crippen molar-refractivity contribution in [2.75, 3.05) is 4.90 Å². The summed E-state index contributed by atoms with van der Waals surface area (Å²) in [5.41, 5.74) is 1.58. The molecule has 2 fully saturated rings. The van der Waals surface area contributed by atoms with Gasteiger partial charge in [-0.05, 0) is 62.4 Å². The summed E-state index contributed by atoms with van der Waals surface area (Å²) in [4.78, 5) is 32.9. The quantitative estimate of drug-likeness (QED) is 0.265. The van der Waals surface area contributed by atoms with Gasteiger partial charge >= 0.3 is 6.09 Å². The number of anilines is 1. The van der Waals surface area contributed by atoms with Gasteiger partial charge in [-0.3, -0.25) is 4.79 Å². The van der Waals surface area contributed by atoms with Crippen molar-refractivity contribution in [3.63, 3.8) is 0 Å². The highest BCUT2D eigenvalue weighted by atomic mass is 35.5. The number of hydrogen-bond acceptors (Lipinski definition) is 5. The monoisotopic (exact) mass is 531 g/mol. The molecule has 0 atom stereocenters. The van der Waals surface area contributed by atoms with Crippen LogP contribution in [0.2, 0.25) is 5.02 Å². The molecule has 0 spiro atoms. The fraction of sp³-hybridized carbons (Fsp3) is 0.379. The molecule has 2 aliphatic carbocycles. The van der Waals surface area contributed by atoms with Crippen molar-refractivity contribution in [3.05, 3.63) is 72.0 Å². The molecule has 0 saturated heterocycles. The van der Waals surface area contributed by atoms with Crippen LogP contribution >= 0.6 is 11.6 Å². The molecular weight excluding hydrogens is 502 g/mol. The lowest BCUT2D eigenvalue weighted by atomic mass is 9.64. The van der Waals surface area contributed by atoms with E-state index in [9.17, 15) is 9.59 Å². The number of benzene rings is 2. The highest BCUT2D eigenvalue weighted by molar-refractivity contribution is 6.31. The van der Waals surface area contributed by atoms with Crippen molar-refractivity contribution < 1.29 is 14.3 Å². The first-order valence-electron chi connectivity index (χ1n) is 12.9. The van der Waals surface area contributed by atoms with Gasteiger partial charge in [-0.1, -0.05) is 35.9 Å². The normalized spacial score (nSPS) is 20.3. The van der Waals surface area contributed by atoms with E-state index in [0.29, 0.717) is 43.1 Å². The van der Waals surface area contributed by atoms with Crippen molar-refractivity contribution in [3.8, 4) is 6.07 Å². The Morgan fingerprint density at radius 2 is 2.03 bits per heavy atom. The Kier molecular flexibility index (Phi) is 7.39. The number of ether oxygens (including phenoxy) is 1. The molecule has 0 unspecified atom stereocenters. The van der Waals surface area contributed by atoms with E-state index in [1.54, 1.807) is 11.0 Å². The van der Waals surface area contributed by atoms with Gasteiger partial charge in [0.05, 0.1) is 29.1 Å². The minimum Gasteiger partial charge on any atom is -0.446 e. The SMILES string of the molecule is C=C[C@]1(C(=O)N(Cc2nc3cc(Cl)ccc3n2CCCC#N)c2ccccc2)C[C@H](NC(=O)OC2CC2)C1. The highest BCUT2D eigenvalue weighted by Crippen LogP contribution is 2.45. The molecule has 1 N–H and O–H groups in total. The molecule has 0 bridgehead atoms. The first-order valence-corrected chi connectivity index (χ1v) is 13.3. The maximum atomic E-state index is 14.2. The van der Waals surface area contributed by atoms with E-state index in [4.69, 9.17) is 26.6 Å². The Morgan fingerprint density at radius 1 is 1.26 bits per heavy atom. The highest BCUT2D eigenvalue weighted by Gasteiger charge is 2.51. The maximum absolute atomic E-state index is 14.2. The van der Waals surface area contributed by atoms with Crippen LogP contribution in [0, 0.1) is 16.7 Å². The number of nitriles is 1. The number of carbonyl (C=O) groups excluding carboxylic acids is 2. The average molecular weight is 532 g/mol. The Labute approximate surface area is 226 Å². The molecule has 2 aliphatic rings. The number of para-hydroxylation sites is 1. The maximum Gasteiger partial charge on any atom is 0.407 e. The van der Waals surface area contributed by atoms with Gasteiger partial charge in [-0.2, -0.15) is 5.26 Å². The Balaban J connectivity index is 1.42. The van der Waals surface area contributed by atoms with E-state index < -0.39 is 11.5 Å². The van der Waals surface area contributed by atoms with Crippen molar-refractivity contribution in [2.45, 2.75) is 63.8 Å². The average Bonchev–Trinajstić information content (AvgIpc) is 3.64.